The molecule has 1 aromatic rings. The molecule has 0 saturated heterocycles. The standard InChI is InChI=1S/C14H18F3NO/c1-4-8-13(2,3)12(19)18-11-7-5-6-10(9-11)14(15,16)17/h5-7,9H,4,8H2,1-3H3,(H,18,19). The molecule has 0 heterocycles. The van der Waals surface area contributed by atoms with E-state index in [1.54, 1.807) is 13.8 Å². The van der Waals surface area contributed by atoms with Crippen molar-refractivity contribution in [3.05, 3.63) is 29.8 Å². The number of hydrogen-bond acceptors (Lipinski definition) is 1. The number of halogens is 3. The van der Waals surface area contributed by atoms with Crippen LogP contribution in [0.15, 0.2) is 24.3 Å². The smallest absolute Gasteiger partial charge is 0.326 e. The molecule has 106 valence electrons. The fraction of sp³-hybridized carbons (Fsp3) is 0.500. The molecule has 2 nitrogen and oxygen atoms in total. The third-order valence-corrected chi connectivity index (χ3v) is 2.94. The van der Waals surface area contributed by atoms with Gasteiger partial charge in [0.2, 0.25) is 5.91 Å². The second kappa shape index (κ2) is 5.63. The summed E-state index contributed by atoms with van der Waals surface area (Å²) in [7, 11) is 0. The van der Waals surface area contributed by atoms with Gasteiger partial charge in [0, 0.05) is 11.1 Å². The first-order valence-corrected chi connectivity index (χ1v) is 6.15. The van der Waals surface area contributed by atoms with E-state index in [0.29, 0.717) is 6.42 Å². The van der Waals surface area contributed by atoms with Crippen LogP contribution in [-0.4, -0.2) is 5.91 Å². The number of carbonyl (C=O) groups excluding carboxylic acids is 1. The first-order valence-electron chi connectivity index (χ1n) is 6.15. The van der Waals surface area contributed by atoms with Crippen LogP contribution in [0.2, 0.25) is 0 Å². The summed E-state index contributed by atoms with van der Waals surface area (Å²) in [5, 5.41) is 2.54. The van der Waals surface area contributed by atoms with Crippen molar-refractivity contribution in [2.75, 3.05) is 5.32 Å². The van der Waals surface area contributed by atoms with E-state index in [4.69, 9.17) is 0 Å². The van der Waals surface area contributed by atoms with Crippen molar-refractivity contribution in [2.24, 2.45) is 5.41 Å². The summed E-state index contributed by atoms with van der Waals surface area (Å²) in [6.07, 6.45) is -2.89. The molecule has 0 fully saturated rings. The van der Waals surface area contributed by atoms with Crippen molar-refractivity contribution in [3.63, 3.8) is 0 Å². The topological polar surface area (TPSA) is 29.1 Å². The molecule has 0 aliphatic carbocycles. The maximum Gasteiger partial charge on any atom is 0.416 e. The predicted molar refractivity (Wildman–Crippen MR) is 68.8 cm³/mol. The fourth-order valence-electron chi connectivity index (χ4n) is 1.81. The van der Waals surface area contributed by atoms with Gasteiger partial charge in [-0.05, 0) is 24.6 Å². The number of amides is 1. The molecule has 0 aromatic heterocycles. The number of rotatable bonds is 4. The van der Waals surface area contributed by atoms with Gasteiger partial charge in [0.1, 0.15) is 0 Å². The van der Waals surface area contributed by atoms with Gasteiger partial charge in [-0.1, -0.05) is 33.3 Å². The van der Waals surface area contributed by atoms with Gasteiger partial charge in [0.05, 0.1) is 5.56 Å². The molecule has 0 atom stereocenters. The summed E-state index contributed by atoms with van der Waals surface area (Å²) in [4.78, 5) is 12.0. The van der Waals surface area contributed by atoms with Crippen LogP contribution in [0.3, 0.4) is 0 Å². The van der Waals surface area contributed by atoms with Crippen LogP contribution < -0.4 is 5.32 Å². The summed E-state index contributed by atoms with van der Waals surface area (Å²) < 4.78 is 37.6. The van der Waals surface area contributed by atoms with E-state index >= 15 is 0 Å². The van der Waals surface area contributed by atoms with Crippen molar-refractivity contribution in [2.45, 2.75) is 39.8 Å². The average molecular weight is 273 g/mol. The highest BCUT2D eigenvalue weighted by Crippen LogP contribution is 2.31. The van der Waals surface area contributed by atoms with E-state index in [-0.39, 0.29) is 11.6 Å². The number of anilines is 1. The summed E-state index contributed by atoms with van der Waals surface area (Å²) in [5.41, 5.74) is -1.19. The molecule has 5 heteroatoms. The molecule has 0 aliphatic rings. The third kappa shape index (κ3) is 4.26. The van der Waals surface area contributed by atoms with Gasteiger partial charge in [0.25, 0.3) is 0 Å². The highest BCUT2D eigenvalue weighted by molar-refractivity contribution is 5.94. The lowest BCUT2D eigenvalue weighted by Gasteiger charge is -2.23. The van der Waals surface area contributed by atoms with Crippen LogP contribution in [0.4, 0.5) is 18.9 Å². The molecule has 1 amide bonds. The van der Waals surface area contributed by atoms with Gasteiger partial charge >= 0.3 is 6.18 Å². The number of alkyl halides is 3. The minimum Gasteiger partial charge on any atom is -0.326 e. The SMILES string of the molecule is CCCC(C)(C)C(=O)Nc1cccc(C(F)(F)F)c1. The number of carbonyl (C=O) groups is 1. The normalized spacial score (nSPS) is 12.3. The van der Waals surface area contributed by atoms with Gasteiger partial charge in [0.15, 0.2) is 0 Å². The van der Waals surface area contributed by atoms with E-state index in [0.717, 1.165) is 18.6 Å². The summed E-state index contributed by atoms with van der Waals surface area (Å²) in [6.45, 7) is 5.51. The van der Waals surface area contributed by atoms with Crippen LogP contribution in [0, 0.1) is 5.41 Å². The van der Waals surface area contributed by atoms with Crippen molar-refractivity contribution in [1.29, 1.82) is 0 Å². The molecule has 0 spiro atoms. The third-order valence-electron chi connectivity index (χ3n) is 2.94. The van der Waals surface area contributed by atoms with Crippen LogP contribution in [0.25, 0.3) is 0 Å². The van der Waals surface area contributed by atoms with Crippen molar-refractivity contribution < 1.29 is 18.0 Å². The summed E-state index contributed by atoms with van der Waals surface area (Å²) in [5.74, 6) is -0.270. The second-order valence-electron chi connectivity index (χ2n) is 5.17. The van der Waals surface area contributed by atoms with E-state index in [9.17, 15) is 18.0 Å². The zero-order valence-electron chi connectivity index (χ0n) is 11.3. The monoisotopic (exact) mass is 273 g/mol. The van der Waals surface area contributed by atoms with Crippen molar-refractivity contribution in [3.8, 4) is 0 Å². The maximum absolute atomic E-state index is 12.5. The Morgan fingerprint density at radius 1 is 1.26 bits per heavy atom. The lowest BCUT2D eigenvalue weighted by atomic mass is 9.87. The van der Waals surface area contributed by atoms with Crippen LogP contribution in [0.1, 0.15) is 39.2 Å². The minimum atomic E-state index is -4.40. The Bertz CT molecular complexity index is 452. The molecule has 1 aromatic carbocycles. The zero-order valence-corrected chi connectivity index (χ0v) is 11.3. The van der Waals surface area contributed by atoms with Crippen LogP contribution in [0.5, 0.6) is 0 Å². The zero-order chi connectivity index (χ0) is 14.7. The number of benzene rings is 1. The molecule has 0 aliphatic heterocycles. The Balaban J connectivity index is 2.86. The van der Waals surface area contributed by atoms with E-state index in [2.05, 4.69) is 5.32 Å². The van der Waals surface area contributed by atoms with Gasteiger partial charge in [-0.2, -0.15) is 13.2 Å². The Labute approximate surface area is 111 Å². The number of nitrogens with one attached hydrogen (secondary N) is 1. The first kappa shape index (κ1) is 15.5. The second-order valence-corrected chi connectivity index (χ2v) is 5.17. The Morgan fingerprint density at radius 3 is 2.42 bits per heavy atom. The van der Waals surface area contributed by atoms with Gasteiger partial charge in [-0.3, -0.25) is 4.79 Å². The fourth-order valence-corrected chi connectivity index (χ4v) is 1.81. The van der Waals surface area contributed by atoms with E-state index in [1.807, 2.05) is 6.92 Å². The van der Waals surface area contributed by atoms with Gasteiger partial charge < -0.3 is 5.32 Å². The molecule has 0 unspecified atom stereocenters. The molecular weight excluding hydrogens is 255 g/mol. The van der Waals surface area contributed by atoms with E-state index < -0.39 is 17.2 Å². The summed E-state index contributed by atoms with van der Waals surface area (Å²) in [6, 6.07) is 4.66. The molecule has 0 saturated carbocycles. The first-order chi connectivity index (χ1) is 8.66. The molecule has 0 bridgehead atoms. The summed E-state index contributed by atoms with van der Waals surface area (Å²) >= 11 is 0. The lowest BCUT2D eigenvalue weighted by molar-refractivity contribution is -0.137. The Hall–Kier alpha value is -1.52. The van der Waals surface area contributed by atoms with Gasteiger partial charge in [-0.15, -0.1) is 0 Å². The van der Waals surface area contributed by atoms with Crippen LogP contribution in [-0.2, 0) is 11.0 Å². The van der Waals surface area contributed by atoms with Crippen molar-refractivity contribution in [1.82, 2.24) is 0 Å². The van der Waals surface area contributed by atoms with E-state index in [1.165, 1.54) is 12.1 Å². The highest BCUT2D eigenvalue weighted by Gasteiger charge is 2.31. The number of hydrogen-bond donors (Lipinski definition) is 1. The average Bonchev–Trinajstić information content (AvgIpc) is 2.28. The molecule has 1 N–H and O–H groups in total. The quantitative estimate of drug-likeness (QED) is 0.861. The largest absolute Gasteiger partial charge is 0.416 e. The Morgan fingerprint density at radius 2 is 1.89 bits per heavy atom. The van der Waals surface area contributed by atoms with Crippen molar-refractivity contribution >= 4 is 11.6 Å². The minimum absolute atomic E-state index is 0.170. The lowest BCUT2D eigenvalue weighted by Crippen LogP contribution is -2.30. The molecule has 19 heavy (non-hydrogen) atoms. The van der Waals surface area contributed by atoms with Gasteiger partial charge in [-0.25, -0.2) is 0 Å². The van der Waals surface area contributed by atoms with Crippen LogP contribution >= 0.6 is 0 Å². The predicted octanol–water partition coefficient (Wildman–Crippen LogP) is 4.47. The maximum atomic E-state index is 12.5. The highest BCUT2D eigenvalue weighted by atomic mass is 19.4. The molecule has 1 rings (SSSR count). The molecule has 0 radical (unpaired) electrons. The Kier molecular flexibility index (Phi) is 4.61. The molecular formula is C14H18F3NO.